The molecule has 3 aromatic carbocycles. The van der Waals surface area contributed by atoms with Gasteiger partial charge in [-0.1, -0.05) is 36.4 Å². The molecule has 2 aromatic heterocycles. The van der Waals surface area contributed by atoms with Crippen molar-refractivity contribution in [1.29, 1.82) is 0 Å². The molecule has 0 bridgehead atoms. The molecule has 6 rings (SSSR count). The summed E-state index contributed by atoms with van der Waals surface area (Å²) in [6, 6.07) is 22.5. The van der Waals surface area contributed by atoms with Crippen LogP contribution >= 0.6 is 0 Å². The number of nitrogens with zero attached hydrogens (tertiary/aromatic N) is 7. The summed E-state index contributed by atoms with van der Waals surface area (Å²) in [6.07, 6.45) is 0.756. The predicted octanol–water partition coefficient (Wildman–Crippen LogP) is 4.19. The molecule has 5 aromatic rings. The van der Waals surface area contributed by atoms with E-state index in [4.69, 9.17) is 0 Å². The predicted molar refractivity (Wildman–Crippen MR) is 161 cm³/mol. The van der Waals surface area contributed by atoms with Crippen LogP contribution in [0.25, 0.3) is 10.9 Å². The van der Waals surface area contributed by atoms with Crippen molar-refractivity contribution in [2.45, 2.75) is 32.9 Å². The standard InChI is InChI=1S/C31H32N8O3/c1-21-18-22(2)26-20-27(31(40)32-28(26)19-21)29(30-33-34-35-38(30)13-12-23-6-4-3-5-7-23)37-16-14-36(15-17-37)24-8-10-25(11-9-24)39(41)42/h3-11,18-20,29H,12-17H2,1-2H3,(H,32,40)/t29-/m1/s1. The van der Waals surface area contributed by atoms with E-state index in [1.165, 1.54) is 17.7 Å². The molecule has 11 heteroatoms. The summed E-state index contributed by atoms with van der Waals surface area (Å²) in [5.41, 5.74) is 5.62. The molecular weight excluding hydrogens is 532 g/mol. The SMILES string of the molecule is Cc1cc(C)c2cc([C@H](c3nnnn3CCc3ccccc3)N3CCN(c4ccc([N+](=O)[O-])cc4)CC3)c(=O)[nH]c2c1. The molecule has 1 N–H and O–H groups in total. The fourth-order valence-corrected chi connectivity index (χ4v) is 5.86. The molecule has 1 aliphatic rings. The number of aryl methyl sites for hydroxylation is 4. The molecule has 0 saturated carbocycles. The smallest absolute Gasteiger partial charge is 0.269 e. The zero-order valence-electron chi connectivity index (χ0n) is 23.6. The molecule has 42 heavy (non-hydrogen) atoms. The van der Waals surface area contributed by atoms with Crippen LogP contribution in [0.4, 0.5) is 11.4 Å². The third-order valence-electron chi connectivity index (χ3n) is 8.00. The van der Waals surface area contributed by atoms with Gasteiger partial charge in [0.15, 0.2) is 5.82 Å². The number of hydrogen-bond donors (Lipinski definition) is 1. The highest BCUT2D eigenvalue weighted by atomic mass is 16.6. The average Bonchev–Trinajstić information content (AvgIpc) is 3.45. The van der Waals surface area contributed by atoms with Gasteiger partial charge >= 0.3 is 0 Å². The summed E-state index contributed by atoms with van der Waals surface area (Å²) in [5.74, 6) is 0.629. The van der Waals surface area contributed by atoms with Crippen LogP contribution < -0.4 is 10.5 Å². The number of anilines is 1. The third kappa shape index (κ3) is 5.51. The maximum Gasteiger partial charge on any atom is 0.269 e. The van der Waals surface area contributed by atoms with Crippen LogP contribution in [0.1, 0.15) is 34.1 Å². The summed E-state index contributed by atoms with van der Waals surface area (Å²) in [7, 11) is 0. The molecule has 214 valence electrons. The van der Waals surface area contributed by atoms with Gasteiger partial charge in [-0.3, -0.25) is 19.8 Å². The number of non-ortho nitro benzene ring substituents is 1. The molecule has 1 atom stereocenters. The molecular formula is C31H32N8O3. The van der Waals surface area contributed by atoms with Gasteiger partial charge in [-0.25, -0.2) is 4.68 Å². The number of rotatable bonds is 8. The van der Waals surface area contributed by atoms with Crippen LogP contribution in [0.5, 0.6) is 0 Å². The minimum atomic E-state index is -0.455. The summed E-state index contributed by atoms with van der Waals surface area (Å²) < 4.78 is 1.81. The number of nitro groups is 1. The van der Waals surface area contributed by atoms with Gasteiger partial charge in [-0.2, -0.15) is 0 Å². The van der Waals surface area contributed by atoms with E-state index in [0.717, 1.165) is 34.1 Å². The molecule has 0 unspecified atom stereocenters. The number of nitro benzene ring substituents is 1. The fourth-order valence-electron chi connectivity index (χ4n) is 5.86. The minimum Gasteiger partial charge on any atom is -0.369 e. The molecule has 0 radical (unpaired) electrons. The number of hydrogen-bond acceptors (Lipinski definition) is 8. The van der Waals surface area contributed by atoms with Gasteiger partial charge < -0.3 is 9.88 Å². The van der Waals surface area contributed by atoms with Gasteiger partial charge in [0, 0.05) is 67.0 Å². The van der Waals surface area contributed by atoms with Crippen molar-refractivity contribution in [3.05, 3.63) is 121 Å². The maximum atomic E-state index is 13.7. The van der Waals surface area contributed by atoms with Crippen LogP contribution in [-0.2, 0) is 13.0 Å². The van der Waals surface area contributed by atoms with Gasteiger partial charge in [-0.15, -0.1) is 5.10 Å². The Hall–Kier alpha value is -4.90. The van der Waals surface area contributed by atoms with Crippen molar-refractivity contribution < 1.29 is 4.92 Å². The monoisotopic (exact) mass is 564 g/mol. The number of benzene rings is 3. The number of nitrogens with one attached hydrogen (secondary N) is 1. The topological polar surface area (TPSA) is 126 Å². The number of H-pyrrole nitrogens is 1. The minimum absolute atomic E-state index is 0.0702. The number of piperazine rings is 1. The van der Waals surface area contributed by atoms with Gasteiger partial charge in [0.05, 0.1) is 4.92 Å². The molecule has 3 heterocycles. The molecule has 0 amide bonds. The maximum absolute atomic E-state index is 13.7. The van der Waals surface area contributed by atoms with Crippen LogP contribution in [0.2, 0.25) is 0 Å². The second-order valence-corrected chi connectivity index (χ2v) is 10.8. The Morgan fingerprint density at radius 1 is 0.976 bits per heavy atom. The Bertz CT molecular complexity index is 1770. The summed E-state index contributed by atoms with van der Waals surface area (Å²) in [4.78, 5) is 32.0. The zero-order valence-corrected chi connectivity index (χ0v) is 23.6. The fraction of sp³-hybridized carbons (Fsp3) is 0.290. The van der Waals surface area contributed by atoms with E-state index in [0.29, 0.717) is 44.1 Å². The third-order valence-corrected chi connectivity index (χ3v) is 8.00. The van der Waals surface area contributed by atoms with E-state index in [-0.39, 0.29) is 11.2 Å². The van der Waals surface area contributed by atoms with E-state index in [1.807, 2.05) is 41.9 Å². The Balaban J connectivity index is 1.34. The van der Waals surface area contributed by atoms with E-state index in [2.05, 4.69) is 55.4 Å². The first-order valence-electron chi connectivity index (χ1n) is 14.0. The highest BCUT2D eigenvalue weighted by Crippen LogP contribution is 2.30. The molecule has 1 aliphatic heterocycles. The Morgan fingerprint density at radius 2 is 1.71 bits per heavy atom. The lowest BCUT2D eigenvalue weighted by molar-refractivity contribution is -0.384. The van der Waals surface area contributed by atoms with E-state index < -0.39 is 11.0 Å². The van der Waals surface area contributed by atoms with Crippen molar-refractivity contribution >= 4 is 22.3 Å². The normalized spacial score (nSPS) is 14.8. The number of fused-ring (bicyclic) bond motifs is 1. The van der Waals surface area contributed by atoms with Gasteiger partial charge in [0.2, 0.25) is 0 Å². The van der Waals surface area contributed by atoms with Crippen LogP contribution in [-0.4, -0.2) is 61.2 Å². The highest BCUT2D eigenvalue weighted by molar-refractivity contribution is 5.83. The second-order valence-electron chi connectivity index (χ2n) is 10.8. The molecule has 1 saturated heterocycles. The van der Waals surface area contributed by atoms with Crippen LogP contribution in [0, 0.1) is 24.0 Å². The summed E-state index contributed by atoms with van der Waals surface area (Å²) in [6.45, 7) is 7.32. The van der Waals surface area contributed by atoms with Gasteiger partial charge in [-0.05, 0) is 71.7 Å². The van der Waals surface area contributed by atoms with Gasteiger partial charge in [0.1, 0.15) is 6.04 Å². The number of aromatic amines is 1. The van der Waals surface area contributed by atoms with Crippen molar-refractivity contribution in [1.82, 2.24) is 30.1 Å². The number of aromatic nitrogens is 5. The van der Waals surface area contributed by atoms with E-state index in [1.54, 1.807) is 12.1 Å². The average molecular weight is 565 g/mol. The molecule has 0 spiro atoms. The largest absolute Gasteiger partial charge is 0.369 e. The van der Waals surface area contributed by atoms with Crippen LogP contribution in [0.3, 0.4) is 0 Å². The zero-order chi connectivity index (χ0) is 29.2. The lowest BCUT2D eigenvalue weighted by Gasteiger charge is -2.39. The van der Waals surface area contributed by atoms with Crippen molar-refractivity contribution in [3.63, 3.8) is 0 Å². The number of pyridine rings is 1. The second kappa shape index (κ2) is 11.5. The lowest BCUT2D eigenvalue weighted by Crippen LogP contribution is -2.49. The highest BCUT2D eigenvalue weighted by Gasteiger charge is 2.33. The van der Waals surface area contributed by atoms with E-state index in [9.17, 15) is 14.9 Å². The number of tetrazole rings is 1. The summed E-state index contributed by atoms with van der Waals surface area (Å²) in [5, 5.41) is 24.9. The molecule has 11 nitrogen and oxygen atoms in total. The Labute approximate surface area is 242 Å². The van der Waals surface area contributed by atoms with Crippen molar-refractivity contribution in [2.24, 2.45) is 0 Å². The molecule has 1 fully saturated rings. The van der Waals surface area contributed by atoms with Crippen molar-refractivity contribution in [3.8, 4) is 0 Å². The summed E-state index contributed by atoms with van der Waals surface area (Å²) >= 11 is 0. The van der Waals surface area contributed by atoms with E-state index >= 15 is 0 Å². The lowest BCUT2D eigenvalue weighted by atomic mass is 9.99. The first-order valence-corrected chi connectivity index (χ1v) is 14.0. The van der Waals surface area contributed by atoms with Crippen molar-refractivity contribution in [2.75, 3.05) is 31.1 Å². The first-order chi connectivity index (χ1) is 20.4. The molecule has 0 aliphatic carbocycles. The van der Waals surface area contributed by atoms with Gasteiger partial charge in [0.25, 0.3) is 11.2 Å². The quantitative estimate of drug-likeness (QED) is 0.220. The Kier molecular flexibility index (Phi) is 7.49. The first kappa shape index (κ1) is 27.3. The Morgan fingerprint density at radius 3 is 2.43 bits per heavy atom. The van der Waals surface area contributed by atoms with Crippen LogP contribution in [0.15, 0.2) is 77.6 Å².